The predicted molar refractivity (Wildman–Crippen MR) is 90.1 cm³/mol. The van der Waals surface area contributed by atoms with Crippen molar-refractivity contribution >= 4 is 35.4 Å². The van der Waals surface area contributed by atoms with Crippen LogP contribution in [0.5, 0.6) is 0 Å². The van der Waals surface area contributed by atoms with Gasteiger partial charge in [0.1, 0.15) is 34.5 Å². The monoisotopic (exact) mass is 445 g/mol. The number of urea groups is 1. The lowest BCUT2D eigenvalue weighted by molar-refractivity contribution is -0.138. The van der Waals surface area contributed by atoms with Crippen LogP contribution in [-0.4, -0.2) is 28.2 Å². The SMILES string of the molecule is CC(Nc1nc(SNC(N)=O)nc(Cl)c1-c1c(F)cc(F)cc1F)C(F)(F)F. The van der Waals surface area contributed by atoms with Crippen LogP contribution < -0.4 is 15.8 Å². The van der Waals surface area contributed by atoms with Crippen LogP contribution in [0.2, 0.25) is 5.15 Å². The van der Waals surface area contributed by atoms with E-state index in [4.69, 9.17) is 17.3 Å². The van der Waals surface area contributed by atoms with Crippen LogP contribution in [0.4, 0.5) is 37.0 Å². The van der Waals surface area contributed by atoms with Crippen molar-refractivity contribution in [2.45, 2.75) is 24.3 Å². The Bertz CT molecular complexity index is 890. The Hall–Kier alpha value is -2.41. The molecule has 0 spiro atoms. The van der Waals surface area contributed by atoms with E-state index in [2.05, 4.69) is 9.97 Å². The van der Waals surface area contributed by atoms with Crippen LogP contribution in [0.25, 0.3) is 11.1 Å². The van der Waals surface area contributed by atoms with E-state index < -0.39 is 57.8 Å². The second-order valence-corrected chi connectivity index (χ2v) is 6.37. The highest BCUT2D eigenvalue weighted by molar-refractivity contribution is 7.97. The van der Waals surface area contributed by atoms with Crippen molar-refractivity contribution in [3.63, 3.8) is 0 Å². The molecule has 0 radical (unpaired) electrons. The van der Waals surface area contributed by atoms with Gasteiger partial charge in [0.15, 0.2) is 0 Å². The molecule has 1 heterocycles. The van der Waals surface area contributed by atoms with E-state index in [9.17, 15) is 31.1 Å². The van der Waals surface area contributed by atoms with Gasteiger partial charge in [-0.25, -0.2) is 27.9 Å². The quantitative estimate of drug-likeness (QED) is 0.277. The summed E-state index contributed by atoms with van der Waals surface area (Å²) < 4.78 is 82.3. The summed E-state index contributed by atoms with van der Waals surface area (Å²) in [5.74, 6) is -4.79. The molecule has 14 heteroatoms. The zero-order valence-electron chi connectivity index (χ0n) is 13.7. The summed E-state index contributed by atoms with van der Waals surface area (Å²) in [5.41, 5.74) is 3.29. The Morgan fingerprint density at radius 3 is 2.25 bits per heavy atom. The second kappa shape index (κ2) is 8.31. The molecule has 0 saturated heterocycles. The number of primary amides is 1. The highest BCUT2D eigenvalue weighted by atomic mass is 35.5. The van der Waals surface area contributed by atoms with Gasteiger partial charge in [0, 0.05) is 24.1 Å². The normalized spacial score (nSPS) is 12.6. The molecule has 2 rings (SSSR count). The summed E-state index contributed by atoms with van der Waals surface area (Å²) in [6.07, 6.45) is -4.74. The number of nitrogens with two attached hydrogens (primary N) is 1. The first kappa shape index (κ1) is 21.9. The maximum atomic E-state index is 14.2. The Kier molecular flexibility index (Phi) is 6.49. The Balaban J connectivity index is 2.65. The third kappa shape index (κ3) is 5.10. The number of carbonyl (C=O) groups excluding carboxylic acids is 1. The van der Waals surface area contributed by atoms with Gasteiger partial charge in [0.05, 0.1) is 11.1 Å². The molecule has 4 N–H and O–H groups in total. The number of hydrogen-bond acceptors (Lipinski definition) is 5. The van der Waals surface area contributed by atoms with Crippen molar-refractivity contribution in [3.8, 4) is 11.1 Å². The number of alkyl halides is 3. The minimum Gasteiger partial charge on any atom is -0.358 e. The number of halogens is 7. The second-order valence-electron chi connectivity index (χ2n) is 5.24. The van der Waals surface area contributed by atoms with Crippen molar-refractivity contribution in [2.24, 2.45) is 5.73 Å². The van der Waals surface area contributed by atoms with Gasteiger partial charge >= 0.3 is 12.2 Å². The lowest BCUT2D eigenvalue weighted by Crippen LogP contribution is -2.33. The molecule has 1 aromatic heterocycles. The molecule has 0 bridgehead atoms. The number of anilines is 1. The molecule has 1 atom stereocenters. The number of carbonyl (C=O) groups is 1. The Labute approximate surface area is 163 Å². The van der Waals surface area contributed by atoms with Crippen LogP contribution in [0, 0.1) is 17.5 Å². The molecule has 28 heavy (non-hydrogen) atoms. The van der Waals surface area contributed by atoms with Gasteiger partial charge in [0.2, 0.25) is 5.16 Å². The van der Waals surface area contributed by atoms with Gasteiger partial charge in [-0.3, -0.25) is 4.72 Å². The molecule has 0 aliphatic rings. The fourth-order valence-corrected chi connectivity index (χ4v) is 2.73. The van der Waals surface area contributed by atoms with E-state index in [0.717, 1.165) is 6.92 Å². The van der Waals surface area contributed by atoms with E-state index >= 15 is 0 Å². The van der Waals surface area contributed by atoms with E-state index in [1.807, 2.05) is 10.0 Å². The number of amides is 2. The van der Waals surface area contributed by atoms with E-state index in [-0.39, 0.29) is 5.16 Å². The van der Waals surface area contributed by atoms with Crippen LogP contribution in [0.3, 0.4) is 0 Å². The summed E-state index contributed by atoms with van der Waals surface area (Å²) in [4.78, 5) is 18.1. The molecule has 2 amide bonds. The smallest absolute Gasteiger partial charge is 0.358 e. The van der Waals surface area contributed by atoms with Crippen LogP contribution in [0.15, 0.2) is 17.3 Å². The fraction of sp³-hybridized carbons (Fsp3) is 0.214. The van der Waals surface area contributed by atoms with Gasteiger partial charge in [-0.05, 0) is 6.92 Å². The zero-order valence-corrected chi connectivity index (χ0v) is 15.2. The van der Waals surface area contributed by atoms with Gasteiger partial charge in [-0.2, -0.15) is 13.2 Å². The summed E-state index contributed by atoms with van der Waals surface area (Å²) in [6.45, 7) is 0.728. The van der Waals surface area contributed by atoms with Gasteiger partial charge in [-0.15, -0.1) is 0 Å². The van der Waals surface area contributed by atoms with Crippen LogP contribution in [0.1, 0.15) is 6.92 Å². The molecule has 1 unspecified atom stereocenters. The van der Waals surface area contributed by atoms with Crippen molar-refractivity contribution in [3.05, 3.63) is 34.7 Å². The third-order valence-electron chi connectivity index (χ3n) is 3.19. The Morgan fingerprint density at radius 1 is 1.18 bits per heavy atom. The first-order valence-corrected chi connectivity index (χ1v) is 8.37. The highest BCUT2D eigenvalue weighted by Gasteiger charge is 2.37. The zero-order chi connectivity index (χ0) is 21.2. The summed E-state index contributed by atoms with van der Waals surface area (Å²) in [5, 5.41) is 0.926. The third-order valence-corrected chi connectivity index (χ3v) is 4.13. The largest absolute Gasteiger partial charge is 0.408 e. The van der Waals surface area contributed by atoms with Crippen molar-refractivity contribution < 1.29 is 31.1 Å². The minimum atomic E-state index is -4.74. The molecule has 0 fully saturated rings. The molecule has 152 valence electrons. The highest BCUT2D eigenvalue weighted by Crippen LogP contribution is 2.38. The van der Waals surface area contributed by atoms with Gasteiger partial charge in [0.25, 0.3) is 0 Å². The first-order valence-electron chi connectivity index (χ1n) is 7.18. The topological polar surface area (TPSA) is 92.9 Å². The summed E-state index contributed by atoms with van der Waals surface area (Å²) in [6, 6.07) is -2.57. The molecule has 2 aromatic rings. The lowest BCUT2D eigenvalue weighted by atomic mass is 10.1. The van der Waals surface area contributed by atoms with Crippen molar-refractivity contribution in [1.82, 2.24) is 14.7 Å². The number of hydrogen-bond donors (Lipinski definition) is 3. The van der Waals surface area contributed by atoms with Crippen LogP contribution in [-0.2, 0) is 0 Å². The average molecular weight is 446 g/mol. The van der Waals surface area contributed by atoms with Crippen molar-refractivity contribution in [1.29, 1.82) is 0 Å². The predicted octanol–water partition coefficient (Wildman–Crippen LogP) is 4.25. The first-order chi connectivity index (χ1) is 12.9. The van der Waals surface area contributed by atoms with Crippen LogP contribution >= 0.6 is 23.5 Å². The van der Waals surface area contributed by atoms with Gasteiger partial charge < -0.3 is 11.1 Å². The minimum absolute atomic E-state index is 0.322. The summed E-state index contributed by atoms with van der Waals surface area (Å²) in [7, 11) is 0. The van der Waals surface area contributed by atoms with E-state index in [0.29, 0.717) is 24.1 Å². The van der Waals surface area contributed by atoms with E-state index in [1.54, 1.807) is 0 Å². The molecule has 6 nitrogen and oxygen atoms in total. The molecule has 0 saturated carbocycles. The number of rotatable bonds is 5. The van der Waals surface area contributed by atoms with Gasteiger partial charge in [-0.1, -0.05) is 11.6 Å². The number of nitrogens with zero attached hydrogens (tertiary/aromatic N) is 2. The molecular formula is C14H10ClF6N5OS. The average Bonchev–Trinajstić information content (AvgIpc) is 2.53. The van der Waals surface area contributed by atoms with Crippen molar-refractivity contribution in [2.75, 3.05) is 5.32 Å². The molecule has 0 aliphatic carbocycles. The number of aromatic nitrogens is 2. The standard InChI is InChI=1S/C14H10ClF6N5OS/c1-4(14(19,20)21)23-11-9(8-6(17)2-5(16)3-7(8)18)10(15)24-13(25-11)28-26-12(22)27/h2-4H,1H3,(H3,22,26,27)(H,23,24,25). The van der Waals surface area contributed by atoms with E-state index in [1.165, 1.54) is 0 Å². The fourth-order valence-electron chi connectivity index (χ4n) is 1.95. The molecule has 1 aromatic carbocycles. The number of nitrogens with one attached hydrogen (secondary N) is 2. The maximum Gasteiger partial charge on any atom is 0.408 e. The lowest BCUT2D eigenvalue weighted by Gasteiger charge is -2.21. The number of benzene rings is 1. The molecule has 0 aliphatic heterocycles. The Morgan fingerprint density at radius 2 is 1.75 bits per heavy atom. The summed E-state index contributed by atoms with van der Waals surface area (Å²) >= 11 is 6.32. The maximum absolute atomic E-state index is 14.2. The molecular weight excluding hydrogens is 436 g/mol.